The summed E-state index contributed by atoms with van der Waals surface area (Å²) in [7, 11) is 0. The van der Waals surface area contributed by atoms with Gasteiger partial charge in [-0.1, -0.05) is 35.8 Å². The monoisotopic (exact) mass is 373 g/mol. The Hall–Kier alpha value is -0.520. The highest BCUT2D eigenvalue weighted by molar-refractivity contribution is 9.10. The number of halogens is 1. The SMILES string of the molecule is CCCNC(CC)(CCCSc1cccc(Br)c1)C(=O)O. The predicted octanol–water partition coefficient (Wildman–Crippen LogP) is 4.55. The number of carboxylic acid groups (broad SMARTS) is 1. The summed E-state index contributed by atoms with van der Waals surface area (Å²) < 4.78 is 1.07. The first-order valence-corrected chi connectivity index (χ1v) is 9.18. The Morgan fingerprint density at radius 1 is 1.43 bits per heavy atom. The molecular weight excluding hydrogens is 350 g/mol. The van der Waals surface area contributed by atoms with Gasteiger partial charge in [0.1, 0.15) is 5.54 Å². The number of benzene rings is 1. The van der Waals surface area contributed by atoms with E-state index in [0.29, 0.717) is 12.8 Å². The molecule has 0 heterocycles. The van der Waals surface area contributed by atoms with Crippen LogP contribution < -0.4 is 5.32 Å². The summed E-state index contributed by atoms with van der Waals surface area (Å²) in [6, 6.07) is 8.19. The van der Waals surface area contributed by atoms with Crippen molar-refractivity contribution in [2.75, 3.05) is 12.3 Å². The molecule has 1 atom stereocenters. The van der Waals surface area contributed by atoms with E-state index in [0.717, 1.165) is 29.6 Å². The van der Waals surface area contributed by atoms with Crippen LogP contribution in [-0.2, 0) is 4.79 Å². The molecule has 0 saturated carbocycles. The van der Waals surface area contributed by atoms with Crippen molar-refractivity contribution in [3.63, 3.8) is 0 Å². The third-order valence-corrected chi connectivity index (χ3v) is 5.11. The maximum Gasteiger partial charge on any atom is 0.323 e. The summed E-state index contributed by atoms with van der Waals surface area (Å²) in [6.45, 7) is 4.75. The van der Waals surface area contributed by atoms with Crippen LogP contribution >= 0.6 is 27.7 Å². The minimum Gasteiger partial charge on any atom is -0.480 e. The Labute approximate surface area is 140 Å². The molecule has 0 aliphatic rings. The quantitative estimate of drug-likeness (QED) is 0.466. The number of aliphatic carboxylic acids is 1. The van der Waals surface area contributed by atoms with Crippen molar-refractivity contribution < 1.29 is 9.90 Å². The molecule has 0 amide bonds. The maximum absolute atomic E-state index is 11.6. The van der Waals surface area contributed by atoms with Gasteiger partial charge in [-0.3, -0.25) is 4.79 Å². The van der Waals surface area contributed by atoms with Crippen molar-refractivity contribution >= 4 is 33.7 Å². The van der Waals surface area contributed by atoms with E-state index in [2.05, 4.69) is 40.3 Å². The highest BCUT2D eigenvalue weighted by Gasteiger charge is 2.35. The van der Waals surface area contributed by atoms with Crippen molar-refractivity contribution in [3.05, 3.63) is 28.7 Å². The first-order valence-electron chi connectivity index (χ1n) is 7.41. The third kappa shape index (κ3) is 6.01. The maximum atomic E-state index is 11.6. The van der Waals surface area contributed by atoms with Crippen molar-refractivity contribution in [2.45, 2.75) is 50.0 Å². The van der Waals surface area contributed by atoms with Gasteiger partial charge in [-0.15, -0.1) is 11.8 Å². The van der Waals surface area contributed by atoms with Crippen molar-refractivity contribution in [1.82, 2.24) is 5.32 Å². The molecule has 2 N–H and O–H groups in total. The summed E-state index contributed by atoms with van der Waals surface area (Å²) in [4.78, 5) is 12.8. The lowest BCUT2D eigenvalue weighted by atomic mass is 9.90. The van der Waals surface area contributed by atoms with Crippen LogP contribution in [0, 0.1) is 0 Å². The van der Waals surface area contributed by atoms with E-state index in [1.807, 2.05) is 19.1 Å². The van der Waals surface area contributed by atoms with Crippen LogP contribution in [0.4, 0.5) is 0 Å². The molecule has 5 heteroatoms. The summed E-state index contributed by atoms with van der Waals surface area (Å²) in [6.07, 6.45) is 3.11. The summed E-state index contributed by atoms with van der Waals surface area (Å²) in [5.74, 6) is 0.199. The van der Waals surface area contributed by atoms with E-state index < -0.39 is 11.5 Å². The number of rotatable bonds is 10. The summed E-state index contributed by atoms with van der Waals surface area (Å²) in [5, 5.41) is 12.8. The third-order valence-electron chi connectivity index (χ3n) is 3.54. The zero-order valence-corrected chi connectivity index (χ0v) is 15.1. The van der Waals surface area contributed by atoms with E-state index in [1.54, 1.807) is 11.8 Å². The molecular formula is C16H24BrNO2S. The Bertz CT molecular complexity index is 456. The fraction of sp³-hybridized carbons (Fsp3) is 0.562. The lowest BCUT2D eigenvalue weighted by molar-refractivity contribution is -0.145. The topological polar surface area (TPSA) is 49.3 Å². The van der Waals surface area contributed by atoms with E-state index in [4.69, 9.17) is 0 Å². The van der Waals surface area contributed by atoms with E-state index in [-0.39, 0.29) is 0 Å². The van der Waals surface area contributed by atoms with Gasteiger partial charge in [0.25, 0.3) is 0 Å². The fourth-order valence-corrected chi connectivity index (χ4v) is 3.67. The van der Waals surface area contributed by atoms with Crippen molar-refractivity contribution in [3.8, 4) is 0 Å². The standard InChI is InChI=1S/C16H24BrNO2S/c1-3-10-18-16(4-2,15(19)20)9-6-11-21-14-8-5-7-13(17)12-14/h5,7-8,12,18H,3-4,6,9-11H2,1-2H3,(H,19,20). The van der Waals surface area contributed by atoms with E-state index >= 15 is 0 Å². The van der Waals surface area contributed by atoms with Gasteiger partial charge in [0.2, 0.25) is 0 Å². The number of carbonyl (C=O) groups is 1. The lowest BCUT2D eigenvalue weighted by Crippen LogP contribution is -2.52. The largest absolute Gasteiger partial charge is 0.480 e. The molecule has 1 aromatic carbocycles. The molecule has 118 valence electrons. The zero-order valence-electron chi connectivity index (χ0n) is 12.7. The van der Waals surface area contributed by atoms with Gasteiger partial charge in [0.15, 0.2) is 0 Å². The Balaban J connectivity index is 2.48. The average Bonchev–Trinajstić information content (AvgIpc) is 2.46. The normalized spacial score (nSPS) is 13.9. The smallest absolute Gasteiger partial charge is 0.323 e. The van der Waals surface area contributed by atoms with Crippen LogP contribution in [0.25, 0.3) is 0 Å². The number of nitrogens with one attached hydrogen (secondary N) is 1. The first-order chi connectivity index (χ1) is 10.0. The number of hydrogen-bond donors (Lipinski definition) is 2. The molecule has 0 aromatic heterocycles. The second-order valence-corrected chi connectivity index (χ2v) is 7.16. The molecule has 3 nitrogen and oxygen atoms in total. The van der Waals surface area contributed by atoms with E-state index in [9.17, 15) is 9.90 Å². The molecule has 1 rings (SSSR count). The first kappa shape index (κ1) is 18.5. The minimum atomic E-state index is -0.770. The number of thioether (sulfide) groups is 1. The fourth-order valence-electron chi connectivity index (χ4n) is 2.21. The lowest BCUT2D eigenvalue weighted by Gasteiger charge is -2.29. The molecule has 0 spiro atoms. The molecule has 1 unspecified atom stereocenters. The van der Waals surface area contributed by atoms with E-state index in [1.165, 1.54) is 4.90 Å². The number of hydrogen-bond acceptors (Lipinski definition) is 3. The second-order valence-electron chi connectivity index (χ2n) is 5.08. The Kier molecular flexibility index (Phi) is 8.37. The van der Waals surface area contributed by atoms with Gasteiger partial charge < -0.3 is 10.4 Å². The highest BCUT2D eigenvalue weighted by atomic mass is 79.9. The highest BCUT2D eigenvalue weighted by Crippen LogP contribution is 2.25. The molecule has 0 saturated heterocycles. The number of carboxylic acids is 1. The summed E-state index contributed by atoms with van der Waals surface area (Å²) in [5.41, 5.74) is -0.770. The van der Waals surface area contributed by atoms with Crippen LogP contribution in [0.2, 0.25) is 0 Å². The second kappa shape index (κ2) is 9.49. The van der Waals surface area contributed by atoms with Gasteiger partial charge in [0.05, 0.1) is 0 Å². The molecule has 0 fully saturated rings. The predicted molar refractivity (Wildman–Crippen MR) is 93.1 cm³/mol. The van der Waals surface area contributed by atoms with Gasteiger partial charge in [0, 0.05) is 9.37 Å². The van der Waals surface area contributed by atoms with Crippen LogP contribution in [0.3, 0.4) is 0 Å². The Morgan fingerprint density at radius 2 is 2.19 bits per heavy atom. The van der Waals surface area contributed by atoms with Gasteiger partial charge >= 0.3 is 5.97 Å². The molecule has 0 aliphatic heterocycles. The van der Waals surface area contributed by atoms with Gasteiger partial charge in [-0.25, -0.2) is 0 Å². The average molecular weight is 374 g/mol. The minimum absolute atomic E-state index is 0.615. The van der Waals surface area contributed by atoms with Crippen molar-refractivity contribution in [1.29, 1.82) is 0 Å². The van der Waals surface area contributed by atoms with Crippen LogP contribution in [0.5, 0.6) is 0 Å². The van der Waals surface area contributed by atoms with Crippen LogP contribution in [0.15, 0.2) is 33.6 Å². The molecule has 0 radical (unpaired) electrons. The van der Waals surface area contributed by atoms with Crippen LogP contribution in [-0.4, -0.2) is 28.9 Å². The molecule has 0 aliphatic carbocycles. The molecule has 1 aromatic rings. The zero-order chi connectivity index (χ0) is 15.7. The van der Waals surface area contributed by atoms with Gasteiger partial charge in [-0.05, 0) is 56.2 Å². The van der Waals surface area contributed by atoms with Gasteiger partial charge in [-0.2, -0.15) is 0 Å². The van der Waals surface area contributed by atoms with Crippen LogP contribution in [0.1, 0.15) is 39.5 Å². The molecule has 0 bridgehead atoms. The summed E-state index contributed by atoms with van der Waals surface area (Å²) >= 11 is 5.23. The van der Waals surface area contributed by atoms with Crippen molar-refractivity contribution in [2.24, 2.45) is 0 Å². The Morgan fingerprint density at radius 3 is 2.76 bits per heavy atom. The molecule has 21 heavy (non-hydrogen) atoms.